The Hall–Kier alpha value is -4.64. The Labute approximate surface area is 272 Å². The van der Waals surface area contributed by atoms with Gasteiger partial charge in [0, 0.05) is 37.7 Å². The molecule has 248 valence electrons. The van der Waals surface area contributed by atoms with Crippen LogP contribution < -0.4 is 10.6 Å². The summed E-state index contributed by atoms with van der Waals surface area (Å²) >= 11 is 0. The van der Waals surface area contributed by atoms with E-state index in [9.17, 15) is 43.2 Å². The number of phenolic OH excluding ortho intramolecular Hbond substituents is 1. The van der Waals surface area contributed by atoms with Crippen LogP contribution in [-0.4, -0.2) is 96.8 Å². The van der Waals surface area contributed by atoms with Crippen molar-refractivity contribution in [2.24, 2.45) is 17.6 Å². The van der Waals surface area contributed by atoms with E-state index in [-0.39, 0.29) is 46.6 Å². The van der Waals surface area contributed by atoms with E-state index in [0.717, 1.165) is 5.56 Å². The van der Waals surface area contributed by atoms with Crippen molar-refractivity contribution in [3.63, 3.8) is 0 Å². The third-order valence-electron chi connectivity index (χ3n) is 9.28. The normalized spacial score (nSPS) is 23.9. The Morgan fingerprint density at radius 1 is 1.09 bits per heavy atom. The topological polar surface area (TPSA) is 199 Å². The van der Waals surface area contributed by atoms with E-state index in [1.54, 1.807) is 37.2 Å². The van der Waals surface area contributed by atoms with E-state index >= 15 is 0 Å². The molecule has 1 saturated carbocycles. The lowest BCUT2D eigenvalue weighted by Gasteiger charge is -2.50. The van der Waals surface area contributed by atoms with Crippen LogP contribution in [-0.2, 0) is 30.6 Å². The third-order valence-corrected chi connectivity index (χ3v) is 11.0. The minimum absolute atomic E-state index is 0.0313. The fraction of sp³-hybridized carbons (Fsp3) is 0.382. The zero-order chi connectivity index (χ0) is 34.7. The number of likely N-dealkylation sites (N-methyl/N-ethyl adjacent to an activating group) is 1. The number of primary amides is 1. The fourth-order valence-corrected chi connectivity index (χ4v) is 8.15. The maximum Gasteiger partial charge on any atom is 0.255 e. The highest BCUT2D eigenvalue weighted by Gasteiger charge is 2.64. The van der Waals surface area contributed by atoms with Crippen LogP contribution in [0.4, 0.5) is 5.69 Å². The maximum atomic E-state index is 14.1. The molecule has 1 unspecified atom stereocenters. The Bertz CT molecular complexity index is 1950. The van der Waals surface area contributed by atoms with Crippen LogP contribution in [0, 0.1) is 30.6 Å². The number of rotatable bonds is 6. The van der Waals surface area contributed by atoms with E-state index in [1.165, 1.54) is 31.1 Å². The van der Waals surface area contributed by atoms with Gasteiger partial charge in [0.1, 0.15) is 22.8 Å². The number of nitrogens with zero attached hydrogens (tertiary/aromatic N) is 2. The molecule has 3 aliphatic carbocycles. The molecule has 0 saturated heterocycles. The van der Waals surface area contributed by atoms with Gasteiger partial charge in [-0.15, -0.1) is 0 Å². The number of nitrogens with two attached hydrogens (primary N) is 1. The molecule has 6 N–H and O–H groups in total. The van der Waals surface area contributed by atoms with Gasteiger partial charge in [-0.3, -0.25) is 19.3 Å². The molecule has 0 aromatic heterocycles. The molecule has 0 bridgehead atoms. The molecule has 0 radical (unpaired) electrons. The number of aryl methyl sites for hydroxylation is 1. The van der Waals surface area contributed by atoms with Crippen LogP contribution in [0.5, 0.6) is 5.75 Å². The number of hydrogen-bond acceptors (Lipinski definition) is 11. The van der Waals surface area contributed by atoms with Gasteiger partial charge >= 0.3 is 0 Å². The van der Waals surface area contributed by atoms with Gasteiger partial charge < -0.3 is 31.1 Å². The highest BCUT2D eigenvalue weighted by Crippen LogP contribution is 2.54. The van der Waals surface area contributed by atoms with Gasteiger partial charge in [0.05, 0.1) is 27.8 Å². The molecule has 1 amide bonds. The average Bonchev–Trinajstić information content (AvgIpc) is 2.97. The molecule has 47 heavy (non-hydrogen) atoms. The van der Waals surface area contributed by atoms with Crippen LogP contribution in [0.3, 0.4) is 0 Å². The lowest BCUT2D eigenvalue weighted by Crippen LogP contribution is -2.65. The molecule has 0 spiro atoms. The van der Waals surface area contributed by atoms with E-state index in [0.29, 0.717) is 11.3 Å². The van der Waals surface area contributed by atoms with Gasteiger partial charge in [0.25, 0.3) is 5.91 Å². The van der Waals surface area contributed by atoms with Gasteiger partial charge in [-0.25, -0.2) is 8.42 Å². The standard InChI is InChI=1S/C34H37N3O9S/c1-17-9-11-20(12-10-17)47(45,46)13-7-6-8-18-16-23(36(2)3)21-14-19-15-22-27(37(4)5)30(40)26(33(35)43)32(42)34(22,44)31(41)24(19)29(39)25(21)28(18)38/h9-12,16,19,22,27,38-39,42,44H,7,13-15H2,1-5H3,(H2,35,43)/t19-,22+,27?,34-/m1/s1. The molecule has 12 nitrogen and oxygen atoms in total. The molecule has 2 aromatic rings. The van der Waals surface area contributed by atoms with E-state index in [2.05, 4.69) is 11.8 Å². The first-order valence-electron chi connectivity index (χ1n) is 14.9. The summed E-state index contributed by atoms with van der Waals surface area (Å²) in [5.41, 5.74) is 3.44. The number of carbonyl (C=O) groups is 3. The molecule has 5 rings (SSSR count). The van der Waals surface area contributed by atoms with Crippen LogP contribution in [0.25, 0.3) is 5.76 Å². The number of ketones is 2. The second-order valence-corrected chi connectivity index (χ2v) is 14.8. The van der Waals surface area contributed by atoms with Crippen molar-refractivity contribution in [1.29, 1.82) is 0 Å². The van der Waals surface area contributed by atoms with Gasteiger partial charge in [-0.05, 0) is 63.5 Å². The Morgan fingerprint density at radius 3 is 2.30 bits per heavy atom. The monoisotopic (exact) mass is 663 g/mol. The van der Waals surface area contributed by atoms with Crippen molar-refractivity contribution >= 4 is 38.8 Å². The molecular weight excluding hydrogens is 626 g/mol. The Balaban J connectivity index is 1.59. The van der Waals surface area contributed by atoms with Gasteiger partial charge in [-0.2, -0.15) is 0 Å². The number of amides is 1. The van der Waals surface area contributed by atoms with Crippen molar-refractivity contribution in [3.05, 3.63) is 69.5 Å². The first-order valence-corrected chi connectivity index (χ1v) is 16.6. The predicted octanol–water partition coefficient (Wildman–Crippen LogP) is 1.55. The summed E-state index contributed by atoms with van der Waals surface area (Å²) in [6, 6.07) is 6.90. The van der Waals surface area contributed by atoms with Gasteiger partial charge in [0.15, 0.2) is 21.2 Å². The lowest BCUT2D eigenvalue weighted by atomic mass is 9.57. The quantitative estimate of drug-likeness (QED) is 0.222. The number of sulfone groups is 1. The number of Topliss-reactive ketones (excluding diaryl/α,β-unsaturated/α-hetero) is 2. The fourth-order valence-electron chi connectivity index (χ4n) is 6.99. The minimum atomic E-state index is -3.61. The lowest BCUT2D eigenvalue weighted by molar-refractivity contribution is -0.153. The van der Waals surface area contributed by atoms with Crippen LogP contribution in [0.2, 0.25) is 0 Å². The van der Waals surface area contributed by atoms with E-state index in [4.69, 9.17) is 5.73 Å². The summed E-state index contributed by atoms with van der Waals surface area (Å²) in [6.45, 7) is 1.85. The summed E-state index contributed by atoms with van der Waals surface area (Å²) in [4.78, 5) is 43.0. The van der Waals surface area contributed by atoms with Crippen molar-refractivity contribution < 1.29 is 43.2 Å². The summed E-state index contributed by atoms with van der Waals surface area (Å²) in [7, 11) is 2.96. The van der Waals surface area contributed by atoms with Crippen LogP contribution in [0.15, 0.2) is 52.1 Å². The zero-order valence-electron chi connectivity index (χ0n) is 26.7. The second kappa shape index (κ2) is 11.9. The van der Waals surface area contributed by atoms with E-state index in [1.807, 2.05) is 6.92 Å². The summed E-state index contributed by atoms with van der Waals surface area (Å²) in [5.74, 6) is -2.07. The first kappa shape index (κ1) is 33.7. The molecule has 2 aromatic carbocycles. The van der Waals surface area contributed by atoms with Crippen molar-refractivity contribution in [2.75, 3.05) is 38.8 Å². The zero-order valence-corrected chi connectivity index (χ0v) is 27.5. The van der Waals surface area contributed by atoms with Gasteiger partial charge in [0.2, 0.25) is 5.78 Å². The van der Waals surface area contributed by atoms with Gasteiger partial charge in [-0.1, -0.05) is 29.5 Å². The largest absolute Gasteiger partial charge is 0.508 e. The summed E-state index contributed by atoms with van der Waals surface area (Å²) in [5, 5.41) is 45.9. The minimum Gasteiger partial charge on any atom is -0.508 e. The maximum absolute atomic E-state index is 14.1. The first-order chi connectivity index (χ1) is 21.9. The Kier molecular flexibility index (Phi) is 8.51. The number of aliphatic hydroxyl groups excluding tert-OH is 2. The van der Waals surface area contributed by atoms with Crippen LogP contribution >= 0.6 is 0 Å². The number of anilines is 1. The van der Waals surface area contributed by atoms with Crippen molar-refractivity contribution in [3.8, 4) is 17.6 Å². The highest BCUT2D eigenvalue weighted by molar-refractivity contribution is 7.91. The molecule has 3 aliphatic rings. The number of fused-ring (bicyclic) bond motifs is 3. The number of aliphatic hydroxyl groups is 3. The van der Waals surface area contributed by atoms with E-state index < -0.39 is 73.6 Å². The van der Waals surface area contributed by atoms with Crippen molar-refractivity contribution in [1.82, 2.24) is 4.90 Å². The number of hydrogen-bond donors (Lipinski definition) is 5. The summed E-state index contributed by atoms with van der Waals surface area (Å²) < 4.78 is 25.5. The second-order valence-electron chi connectivity index (χ2n) is 12.7. The number of aromatic hydroxyl groups is 1. The number of phenols is 1. The highest BCUT2D eigenvalue weighted by atomic mass is 32.2. The average molecular weight is 664 g/mol. The SMILES string of the molecule is Cc1ccc(S(=O)(=O)CCC#Cc2cc(N(C)C)c3c(c2O)C(O)=C2C(=O)[C@@]4(O)C(O)=C(C(N)=O)C(=O)C(N(C)C)[C@@H]4C[C@H]2C3)cc1. The Morgan fingerprint density at radius 2 is 1.72 bits per heavy atom. The molecule has 0 aliphatic heterocycles. The number of benzene rings is 2. The molecular formula is C34H37N3O9S. The molecule has 13 heteroatoms. The smallest absolute Gasteiger partial charge is 0.255 e. The summed E-state index contributed by atoms with van der Waals surface area (Å²) in [6.07, 6.45) is 0.0418. The van der Waals surface area contributed by atoms with Crippen LogP contribution in [0.1, 0.15) is 35.1 Å². The third kappa shape index (κ3) is 5.36. The predicted molar refractivity (Wildman–Crippen MR) is 173 cm³/mol. The van der Waals surface area contributed by atoms with Crippen molar-refractivity contribution in [2.45, 2.75) is 42.7 Å². The molecule has 0 heterocycles. The number of carbonyl (C=O) groups excluding carboxylic acids is 3. The molecule has 1 fully saturated rings. The molecule has 4 atom stereocenters.